The molecular weight excluding hydrogens is 440 g/mol. The zero-order valence-corrected chi connectivity index (χ0v) is 19.2. The second-order valence-electron chi connectivity index (χ2n) is 7.70. The van der Waals surface area contributed by atoms with Crippen molar-refractivity contribution in [1.82, 2.24) is 15.0 Å². The van der Waals surface area contributed by atoms with Crippen LogP contribution in [0.4, 0.5) is 5.69 Å². The zero-order chi connectivity index (χ0) is 24.4. The highest BCUT2D eigenvalue weighted by Gasteiger charge is 2.43. The van der Waals surface area contributed by atoms with Crippen LogP contribution < -0.4 is 15.9 Å². The van der Waals surface area contributed by atoms with Crippen LogP contribution in [0.1, 0.15) is 29.9 Å². The van der Waals surface area contributed by atoms with Crippen molar-refractivity contribution in [1.29, 1.82) is 0 Å². The number of pyridine rings is 1. The standard InChI is InChI=1S/C24H24N4O6/c1-5-28-21(29)19(26-17-13-25-12-11-14(17)2)18(20(27(28)4)16-9-7-6-8-10-16)22(30)33-23-15(3)32-24(31)34-23/h6-13,20,26H,5H2,1-4H3. The average molecular weight is 464 g/mol. The highest BCUT2D eigenvalue weighted by Crippen LogP contribution is 2.37. The van der Waals surface area contributed by atoms with Crippen LogP contribution in [-0.2, 0) is 9.59 Å². The Morgan fingerprint density at radius 3 is 2.50 bits per heavy atom. The van der Waals surface area contributed by atoms with E-state index < -0.39 is 23.7 Å². The second kappa shape index (κ2) is 9.36. The van der Waals surface area contributed by atoms with Crippen LogP contribution in [0.5, 0.6) is 5.95 Å². The predicted molar refractivity (Wildman–Crippen MR) is 122 cm³/mol. The quantitative estimate of drug-likeness (QED) is 0.549. The third kappa shape index (κ3) is 4.23. The Hall–Kier alpha value is -4.18. The molecule has 0 bridgehead atoms. The van der Waals surface area contributed by atoms with E-state index in [9.17, 15) is 14.4 Å². The van der Waals surface area contributed by atoms with Crippen molar-refractivity contribution >= 4 is 17.6 Å². The lowest BCUT2D eigenvalue weighted by Gasteiger charge is -2.42. The number of aryl methyl sites for hydroxylation is 2. The minimum atomic E-state index is -0.993. The molecule has 10 heteroatoms. The highest BCUT2D eigenvalue weighted by atomic mass is 16.7. The Kier molecular flexibility index (Phi) is 6.33. The van der Waals surface area contributed by atoms with Gasteiger partial charge >= 0.3 is 17.7 Å². The molecule has 10 nitrogen and oxygen atoms in total. The van der Waals surface area contributed by atoms with E-state index in [0.717, 1.165) is 11.1 Å². The third-order valence-corrected chi connectivity index (χ3v) is 5.56. The van der Waals surface area contributed by atoms with Crippen molar-refractivity contribution in [3.63, 3.8) is 0 Å². The summed E-state index contributed by atoms with van der Waals surface area (Å²) in [6.45, 7) is 5.51. The number of ether oxygens (including phenoxy) is 1. The molecule has 1 amide bonds. The monoisotopic (exact) mass is 464 g/mol. The summed E-state index contributed by atoms with van der Waals surface area (Å²) >= 11 is 0. The number of amides is 1. The first-order valence-electron chi connectivity index (χ1n) is 10.7. The van der Waals surface area contributed by atoms with Crippen LogP contribution in [0.2, 0.25) is 0 Å². The number of anilines is 1. The maximum absolute atomic E-state index is 13.5. The Labute approximate surface area is 195 Å². The van der Waals surface area contributed by atoms with Gasteiger partial charge < -0.3 is 18.9 Å². The van der Waals surface area contributed by atoms with Crippen LogP contribution in [0, 0.1) is 13.8 Å². The van der Waals surface area contributed by atoms with Gasteiger partial charge in [-0.1, -0.05) is 30.3 Å². The minimum Gasteiger partial charge on any atom is -0.392 e. The van der Waals surface area contributed by atoms with Gasteiger partial charge in [0, 0.05) is 26.7 Å². The zero-order valence-electron chi connectivity index (χ0n) is 19.2. The summed E-state index contributed by atoms with van der Waals surface area (Å²) in [5.74, 6) is -2.62. The molecule has 1 aliphatic heterocycles. The molecule has 1 atom stereocenters. The smallest absolute Gasteiger partial charge is 0.392 e. The van der Waals surface area contributed by atoms with Gasteiger partial charge in [-0.15, -0.1) is 0 Å². The highest BCUT2D eigenvalue weighted by molar-refractivity contribution is 6.07. The number of rotatable bonds is 6. The third-order valence-electron chi connectivity index (χ3n) is 5.56. The largest absolute Gasteiger partial charge is 0.521 e. The fourth-order valence-corrected chi connectivity index (χ4v) is 3.87. The van der Waals surface area contributed by atoms with E-state index in [2.05, 4.69) is 10.3 Å². The number of nitrogens with one attached hydrogen (secondary N) is 1. The molecule has 0 saturated heterocycles. The normalized spacial score (nSPS) is 16.6. The van der Waals surface area contributed by atoms with Gasteiger partial charge in [-0.3, -0.25) is 14.8 Å². The number of hydrazine groups is 1. The van der Waals surface area contributed by atoms with Gasteiger partial charge in [0.1, 0.15) is 5.70 Å². The van der Waals surface area contributed by atoms with Crippen LogP contribution in [0.3, 0.4) is 0 Å². The lowest BCUT2D eigenvalue weighted by atomic mass is 9.93. The summed E-state index contributed by atoms with van der Waals surface area (Å²) in [7, 11) is 1.72. The van der Waals surface area contributed by atoms with Crippen LogP contribution in [0.25, 0.3) is 0 Å². The fraction of sp³-hybridized carbons (Fsp3) is 0.250. The maximum Gasteiger partial charge on any atom is 0.521 e. The maximum atomic E-state index is 13.5. The average Bonchev–Trinajstić information content (AvgIpc) is 3.13. The van der Waals surface area contributed by atoms with E-state index in [1.807, 2.05) is 44.2 Å². The molecule has 0 fully saturated rings. The number of nitrogens with zero attached hydrogens (tertiary/aromatic N) is 3. The topological polar surface area (TPSA) is 118 Å². The molecule has 1 aromatic carbocycles. The van der Waals surface area contributed by atoms with E-state index in [1.54, 1.807) is 30.5 Å². The SMILES string of the molecule is CCN1C(=O)C(Nc2cnccc2C)=C(C(=O)Oc2oc(=O)oc2C)C(c2ccccc2)N1C. The number of hydrogen-bond acceptors (Lipinski definition) is 9. The number of aromatic nitrogens is 1. The first-order chi connectivity index (χ1) is 16.3. The number of esters is 1. The van der Waals surface area contributed by atoms with E-state index in [4.69, 9.17) is 13.6 Å². The van der Waals surface area contributed by atoms with Gasteiger partial charge in [0.25, 0.3) is 5.91 Å². The summed E-state index contributed by atoms with van der Waals surface area (Å²) in [5.41, 5.74) is 2.25. The summed E-state index contributed by atoms with van der Waals surface area (Å²) in [6, 6.07) is 10.4. The van der Waals surface area contributed by atoms with Crippen molar-refractivity contribution in [2.24, 2.45) is 0 Å². The molecule has 0 aliphatic carbocycles. The summed E-state index contributed by atoms with van der Waals surface area (Å²) in [5, 5.41) is 6.32. The fourth-order valence-electron chi connectivity index (χ4n) is 3.87. The van der Waals surface area contributed by atoms with Crippen molar-refractivity contribution in [2.75, 3.05) is 18.9 Å². The molecule has 0 saturated carbocycles. The number of likely N-dealkylation sites (N-methyl/N-ethyl adjacent to an activating group) is 2. The van der Waals surface area contributed by atoms with Gasteiger partial charge in [-0.25, -0.2) is 14.6 Å². The van der Waals surface area contributed by atoms with Gasteiger partial charge in [0.15, 0.2) is 5.76 Å². The Morgan fingerprint density at radius 1 is 1.15 bits per heavy atom. The Bertz CT molecular complexity index is 1310. The molecule has 0 radical (unpaired) electrons. The molecule has 2 aromatic heterocycles. The van der Waals surface area contributed by atoms with Crippen LogP contribution >= 0.6 is 0 Å². The van der Waals surface area contributed by atoms with E-state index >= 15 is 0 Å². The molecule has 1 unspecified atom stereocenters. The summed E-state index contributed by atoms with van der Waals surface area (Å²) in [4.78, 5) is 42.7. The molecular formula is C24H24N4O6. The molecule has 34 heavy (non-hydrogen) atoms. The first kappa shape index (κ1) is 23.0. The Balaban J connectivity index is 1.91. The van der Waals surface area contributed by atoms with Gasteiger partial charge in [0.2, 0.25) is 0 Å². The summed E-state index contributed by atoms with van der Waals surface area (Å²) < 4.78 is 15.1. The van der Waals surface area contributed by atoms with Gasteiger partial charge in [0.05, 0.1) is 23.5 Å². The predicted octanol–water partition coefficient (Wildman–Crippen LogP) is 2.97. The summed E-state index contributed by atoms with van der Waals surface area (Å²) in [6.07, 6.45) is 3.21. The van der Waals surface area contributed by atoms with Crippen LogP contribution in [0.15, 0.2) is 73.7 Å². The lowest BCUT2D eigenvalue weighted by molar-refractivity contribution is -0.150. The van der Waals surface area contributed by atoms with Crippen molar-refractivity contribution in [2.45, 2.75) is 26.8 Å². The lowest BCUT2D eigenvalue weighted by Crippen LogP contribution is -2.53. The van der Waals surface area contributed by atoms with E-state index in [0.29, 0.717) is 12.2 Å². The number of benzene rings is 1. The molecule has 1 N–H and O–H groups in total. The first-order valence-corrected chi connectivity index (χ1v) is 10.7. The minimum absolute atomic E-state index is 0.0125. The van der Waals surface area contributed by atoms with Crippen LogP contribution in [-0.4, -0.2) is 40.5 Å². The molecule has 3 heterocycles. The van der Waals surface area contributed by atoms with Gasteiger partial charge in [-0.2, -0.15) is 0 Å². The molecule has 176 valence electrons. The number of hydrogen-bond donors (Lipinski definition) is 1. The number of carbonyl (C=O) groups is 2. The molecule has 1 aliphatic rings. The van der Waals surface area contributed by atoms with Gasteiger partial charge in [-0.05, 0) is 31.0 Å². The molecule has 0 spiro atoms. The Morgan fingerprint density at radius 2 is 1.88 bits per heavy atom. The molecule has 4 rings (SSSR count). The van der Waals surface area contributed by atoms with E-state index in [-0.39, 0.29) is 23.0 Å². The van der Waals surface area contributed by atoms with Crippen molar-refractivity contribution in [3.05, 3.63) is 87.6 Å². The molecule has 3 aromatic rings. The number of carbonyl (C=O) groups excluding carboxylic acids is 2. The van der Waals surface area contributed by atoms with Crippen molar-refractivity contribution < 1.29 is 23.2 Å². The van der Waals surface area contributed by atoms with E-state index in [1.165, 1.54) is 11.9 Å². The van der Waals surface area contributed by atoms with Crippen molar-refractivity contribution in [3.8, 4) is 5.95 Å². The second-order valence-corrected chi connectivity index (χ2v) is 7.70.